The van der Waals surface area contributed by atoms with E-state index in [1.807, 2.05) is 32.0 Å². The van der Waals surface area contributed by atoms with Gasteiger partial charge < -0.3 is 15.0 Å². The third kappa shape index (κ3) is 3.71. The maximum absolute atomic E-state index is 5.04. The Labute approximate surface area is 90.5 Å². The second-order valence-electron chi connectivity index (χ2n) is 3.66. The summed E-state index contributed by atoms with van der Waals surface area (Å²) < 4.78 is 5.04. The molecule has 1 unspecified atom stereocenters. The van der Waals surface area contributed by atoms with Crippen molar-refractivity contribution in [2.75, 3.05) is 38.0 Å². The van der Waals surface area contributed by atoms with Gasteiger partial charge in [-0.1, -0.05) is 0 Å². The molecule has 84 valence electrons. The van der Waals surface area contributed by atoms with Crippen molar-refractivity contribution in [2.24, 2.45) is 0 Å². The zero-order valence-electron chi connectivity index (χ0n) is 9.69. The van der Waals surface area contributed by atoms with E-state index in [1.54, 1.807) is 13.4 Å². The van der Waals surface area contributed by atoms with Gasteiger partial charge in [0.05, 0.1) is 6.61 Å². The SMILES string of the molecule is COCC(C)Nc1cc(N(C)C)ncn1. The van der Waals surface area contributed by atoms with Gasteiger partial charge in [0.25, 0.3) is 0 Å². The van der Waals surface area contributed by atoms with Crippen LogP contribution in [0.15, 0.2) is 12.4 Å². The summed E-state index contributed by atoms with van der Waals surface area (Å²) in [7, 11) is 5.58. The minimum Gasteiger partial charge on any atom is -0.383 e. The summed E-state index contributed by atoms with van der Waals surface area (Å²) in [6.45, 7) is 2.70. The van der Waals surface area contributed by atoms with Crippen LogP contribution >= 0.6 is 0 Å². The topological polar surface area (TPSA) is 50.3 Å². The number of hydrogen-bond donors (Lipinski definition) is 1. The second-order valence-corrected chi connectivity index (χ2v) is 3.66. The van der Waals surface area contributed by atoms with Crippen molar-refractivity contribution in [1.82, 2.24) is 9.97 Å². The molecule has 0 saturated carbocycles. The molecule has 1 aromatic heterocycles. The van der Waals surface area contributed by atoms with E-state index in [9.17, 15) is 0 Å². The summed E-state index contributed by atoms with van der Waals surface area (Å²) in [4.78, 5) is 10.2. The fourth-order valence-corrected chi connectivity index (χ4v) is 1.21. The summed E-state index contributed by atoms with van der Waals surface area (Å²) in [6, 6.07) is 2.14. The molecule has 0 aromatic carbocycles. The molecule has 5 heteroatoms. The van der Waals surface area contributed by atoms with Crippen LogP contribution in [0, 0.1) is 0 Å². The molecule has 15 heavy (non-hydrogen) atoms. The van der Waals surface area contributed by atoms with Crippen molar-refractivity contribution in [3.63, 3.8) is 0 Å². The number of hydrogen-bond acceptors (Lipinski definition) is 5. The summed E-state index contributed by atoms with van der Waals surface area (Å²) in [6.07, 6.45) is 1.55. The zero-order chi connectivity index (χ0) is 11.3. The molecule has 1 N–H and O–H groups in total. The molecule has 1 rings (SSSR count). The van der Waals surface area contributed by atoms with E-state index in [-0.39, 0.29) is 6.04 Å². The third-order valence-electron chi connectivity index (χ3n) is 1.92. The molecule has 1 heterocycles. The molecule has 0 saturated heterocycles. The van der Waals surface area contributed by atoms with Gasteiger partial charge in [-0.25, -0.2) is 9.97 Å². The zero-order valence-corrected chi connectivity index (χ0v) is 9.69. The number of ether oxygens (including phenoxy) is 1. The molecule has 0 radical (unpaired) electrons. The van der Waals surface area contributed by atoms with Crippen molar-refractivity contribution < 1.29 is 4.74 Å². The number of nitrogens with zero attached hydrogens (tertiary/aromatic N) is 3. The Balaban J connectivity index is 2.65. The average Bonchev–Trinajstić information content (AvgIpc) is 2.18. The third-order valence-corrected chi connectivity index (χ3v) is 1.92. The van der Waals surface area contributed by atoms with Crippen molar-refractivity contribution in [3.05, 3.63) is 12.4 Å². The van der Waals surface area contributed by atoms with Gasteiger partial charge in [-0.3, -0.25) is 0 Å². The van der Waals surface area contributed by atoms with Crippen LogP contribution in [0.1, 0.15) is 6.92 Å². The minimum atomic E-state index is 0.236. The lowest BCUT2D eigenvalue weighted by Crippen LogP contribution is -2.22. The molecular weight excluding hydrogens is 192 g/mol. The smallest absolute Gasteiger partial charge is 0.133 e. The Kier molecular flexibility index (Phi) is 4.30. The van der Waals surface area contributed by atoms with E-state index in [1.165, 1.54) is 0 Å². The predicted octanol–water partition coefficient (Wildman–Crippen LogP) is 0.989. The van der Waals surface area contributed by atoms with E-state index < -0.39 is 0 Å². The highest BCUT2D eigenvalue weighted by molar-refractivity contribution is 5.47. The fraction of sp³-hybridized carbons (Fsp3) is 0.600. The summed E-state index contributed by atoms with van der Waals surface area (Å²) in [5, 5.41) is 3.24. The first-order chi connectivity index (χ1) is 7.13. The maximum atomic E-state index is 5.04. The standard InChI is InChI=1S/C10H18N4O/c1-8(6-15-4)13-9-5-10(14(2)3)12-7-11-9/h5,7-8H,6H2,1-4H3,(H,11,12,13). The van der Waals surface area contributed by atoms with Crippen LogP contribution in [0.4, 0.5) is 11.6 Å². The van der Waals surface area contributed by atoms with Crippen molar-refractivity contribution in [3.8, 4) is 0 Å². The van der Waals surface area contributed by atoms with E-state index in [0.717, 1.165) is 11.6 Å². The summed E-state index contributed by atoms with van der Waals surface area (Å²) in [5.41, 5.74) is 0. The second kappa shape index (κ2) is 5.50. The Hall–Kier alpha value is -1.36. The van der Waals surface area contributed by atoms with Gasteiger partial charge in [0.15, 0.2) is 0 Å². The molecule has 0 amide bonds. The molecule has 1 atom stereocenters. The van der Waals surface area contributed by atoms with Crippen molar-refractivity contribution >= 4 is 11.6 Å². The Morgan fingerprint density at radius 2 is 2.20 bits per heavy atom. The largest absolute Gasteiger partial charge is 0.383 e. The first kappa shape index (κ1) is 11.7. The van der Waals surface area contributed by atoms with Gasteiger partial charge in [0, 0.05) is 33.3 Å². The molecule has 0 aliphatic rings. The molecular formula is C10H18N4O. The lowest BCUT2D eigenvalue weighted by atomic mass is 10.3. The fourth-order valence-electron chi connectivity index (χ4n) is 1.21. The monoisotopic (exact) mass is 210 g/mol. The quantitative estimate of drug-likeness (QED) is 0.785. The van der Waals surface area contributed by atoms with Crippen LogP contribution in [0.25, 0.3) is 0 Å². The predicted molar refractivity (Wildman–Crippen MR) is 61.3 cm³/mol. The molecule has 1 aromatic rings. The highest BCUT2D eigenvalue weighted by Crippen LogP contribution is 2.11. The van der Waals surface area contributed by atoms with E-state index in [4.69, 9.17) is 4.74 Å². The Morgan fingerprint density at radius 1 is 1.47 bits per heavy atom. The molecule has 0 bridgehead atoms. The molecule has 0 aliphatic carbocycles. The van der Waals surface area contributed by atoms with E-state index >= 15 is 0 Å². The highest BCUT2D eigenvalue weighted by Gasteiger charge is 2.04. The van der Waals surface area contributed by atoms with Crippen molar-refractivity contribution in [1.29, 1.82) is 0 Å². The first-order valence-corrected chi connectivity index (χ1v) is 4.88. The number of nitrogens with one attached hydrogen (secondary N) is 1. The van der Waals surface area contributed by atoms with Gasteiger partial charge in [-0.2, -0.15) is 0 Å². The average molecular weight is 210 g/mol. The Bertz CT molecular complexity index is 303. The van der Waals surface area contributed by atoms with Gasteiger partial charge >= 0.3 is 0 Å². The van der Waals surface area contributed by atoms with Crippen LogP contribution in [0.2, 0.25) is 0 Å². The lowest BCUT2D eigenvalue weighted by molar-refractivity contribution is 0.190. The molecule has 5 nitrogen and oxygen atoms in total. The lowest BCUT2D eigenvalue weighted by Gasteiger charge is -2.15. The summed E-state index contributed by atoms with van der Waals surface area (Å²) >= 11 is 0. The molecule has 0 spiro atoms. The van der Waals surface area contributed by atoms with Crippen LogP contribution in [0.5, 0.6) is 0 Å². The normalized spacial score (nSPS) is 12.3. The van der Waals surface area contributed by atoms with Crippen LogP contribution < -0.4 is 10.2 Å². The maximum Gasteiger partial charge on any atom is 0.133 e. The number of aromatic nitrogens is 2. The van der Waals surface area contributed by atoms with Gasteiger partial charge in [-0.15, -0.1) is 0 Å². The number of rotatable bonds is 5. The molecule has 0 fully saturated rings. The highest BCUT2D eigenvalue weighted by atomic mass is 16.5. The number of anilines is 2. The van der Waals surface area contributed by atoms with E-state index in [0.29, 0.717) is 6.61 Å². The van der Waals surface area contributed by atoms with Gasteiger partial charge in [0.1, 0.15) is 18.0 Å². The van der Waals surface area contributed by atoms with Crippen LogP contribution in [-0.4, -0.2) is 43.8 Å². The number of methoxy groups -OCH3 is 1. The van der Waals surface area contributed by atoms with Gasteiger partial charge in [-0.05, 0) is 6.92 Å². The summed E-state index contributed by atoms with van der Waals surface area (Å²) in [5.74, 6) is 1.70. The van der Waals surface area contributed by atoms with Gasteiger partial charge in [0.2, 0.25) is 0 Å². The van der Waals surface area contributed by atoms with Crippen LogP contribution in [0.3, 0.4) is 0 Å². The van der Waals surface area contributed by atoms with Crippen molar-refractivity contribution in [2.45, 2.75) is 13.0 Å². The molecule has 0 aliphatic heterocycles. The minimum absolute atomic E-state index is 0.236. The van der Waals surface area contributed by atoms with E-state index in [2.05, 4.69) is 15.3 Å². The Morgan fingerprint density at radius 3 is 2.80 bits per heavy atom. The first-order valence-electron chi connectivity index (χ1n) is 4.88. The van der Waals surface area contributed by atoms with Crippen LogP contribution in [-0.2, 0) is 4.74 Å².